The Morgan fingerprint density at radius 2 is 1.48 bits per heavy atom. The molecule has 0 amide bonds. The summed E-state index contributed by atoms with van der Waals surface area (Å²) in [7, 11) is 0. The van der Waals surface area contributed by atoms with Crippen LogP contribution in [0.15, 0.2) is 12.2 Å². The molecule has 1 unspecified atom stereocenters. The Morgan fingerprint density at radius 1 is 1.10 bits per heavy atom. The molecule has 0 bridgehead atoms. The molecule has 21 heavy (non-hydrogen) atoms. The normalized spacial score (nSPS) is 15.0. The van der Waals surface area contributed by atoms with E-state index in [0.29, 0.717) is 0 Å². The fourth-order valence-corrected chi connectivity index (χ4v) is 1.75. The summed E-state index contributed by atoms with van der Waals surface area (Å²) in [5.41, 5.74) is -4.34. The van der Waals surface area contributed by atoms with Crippen LogP contribution in [0.25, 0.3) is 0 Å². The van der Waals surface area contributed by atoms with Crippen molar-refractivity contribution in [3.63, 3.8) is 0 Å². The van der Waals surface area contributed by atoms with Crippen molar-refractivity contribution in [2.75, 3.05) is 0 Å². The average molecular weight is 320 g/mol. The van der Waals surface area contributed by atoms with Crippen LogP contribution in [-0.4, -0.2) is 24.4 Å². The predicted molar refractivity (Wildman–Crippen MR) is 64.4 cm³/mol. The van der Waals surface area contributed by atoms with Gasteiger partial charge in [-0.2, -0.15) is 26.3 Å². The highest BCUT2D eigenvalue weighted by Crippen LogP contribution is 2.54. The number of carbonyl (C=O) groups is 1. The number of hydrogen-bond acceptors (Lipinski definition) is 2. The van der Waals surface area contributed by atoms with Gasteiger partial charge in [0.05, 0.1) is 0 Å². The molecule has 0 radical (unpaired) electrons. The lowest BCUT2D eigenvalue weighted by molar-refractivity contribution is -0.363. The Hall–Kier alpha value is -1.21. The molecule has 0 rings (SSSR count). The molecule has 0 saturated carbocycles. The van der Waals surface area contributed by atoms with Crippen molar-refractivity contribution in [1.29, 1.82) is 0 Å². The average Bonchev–Trinajstić information content (AvgIpc) is 2.30. The van der Waals surface area contributed by atoms with Gasteiger partial charge in [-0.25, -0.2) is 4.79 Å². The van der Waals surface area contributed by atoms with Gasteiger partial charge in [0.15, 0.2) is 5.41 Å². The quantitative estimate of drug-likeness (QED) is 0.419. The molecule has 8 heteroatoms. The van der Waals surface area contributed by atoms with Crippen LogP contribution in [0.5, 0.6) is 0 Å². The van der Waals surface area contributed by atoms with Crippen molar-refractivity contribution < 1.29 is 35.9 Å². The molecule has 0 spiro atoms. The molecule has 0 aliphatic rings. The van der Waals surface area contributed by atoms with E-state index in [0.717, 1.165) is 13.8 Å². The lowest BCUT2D eigenvalue weighted by Gasteiger charge is -2.41. The number of ether oxygens (including phenoxy) is 1. The van der Waals surface area contributed by atoms with E-state index in [2.05, 4.69) is 11.3 Å². The molecule has 2 nitrogen and oxygen atoms in total. The van der Waals surface area contributed by atoms with E-state index < -0.39 is 35.8 Å². The summed E-state index contributed by atoms with van der Waals surface area (Å²) in [6.07, 6.45) is -13.6. The fraction of sp³-hybridized carbons (Fsp3) is 0.769. The summed E-state index contributed by atoms with van der Waals surface area (Å²) in [5, 5.41) is 0. The highest BCUT2D eigenvalue weighted by molar-refractivity contribution is 5.87. The first-order valence-corrected chi connectivity index (χ1v) is 6.22. The van der Waals surface area contributed by atoms with E-state index in [4.69, 9.17) is 0 Å². The number of alkyl halides is 6. The van der Waals surface area contributed by atoms with Crippen molar-refractivity contribution in [1.82, 2.24) is 0 Å². The lowest BCUT2D eigenvalue weighted by Crippen LogP contribution is -2.58. The number of esters is 1. The van der Waals surface area contributed by atoms with E-state index in [-0.39, 0.29) is 18.9 Å². The van der Waals surface area contributed by atoms with Crippen LogP contribution in [0, 0.1) is 11.3 Å². The Balaban J connectivity index is 5.80. The predicted octanol–water partition coefficient (Wildman–Crippen LogP) is 4.65. The second kappa shape index (κ2) is 6.27. The molecular formula is C13H18F6O2. The zero-order chi connectivity index (χ0) is 17.2. The van der Waals surface area contributed by atoms with Gasteiger partial charge in [0.2, 0.25) is 0 Å². The third kappa shape index (κ3) is 3.91. The van der Waals surface area contributed by atoms with Gasteiger partial charge < -0.3 is 4.74 Å². The SMILES string of the molecule is C=C(CC)C(=O)OC(C(C)C)C(C)(C(F)(F)F)C(F)(F)F. The molecule has 124 valence electrons. The second-order valence-corrected chi connectivity index (χ2v) is 5.22. The third-order valence-electron chi connectivity index (χ3n) is 3.30. The summed E-state index contributed by atoms with van der Waals surface area (Å²) in [6, 6.07) is 0. The van der Waals surface area contributed by atoms with Crippen LogP contribution in [0.2, 0.25) is 0 Å². The summed E-state index contributed by atoms with van der Waals surface area (Å²) >= 11 is 0. The van der Waals surface area contributed by atoms with Crippen LogP contribution >= 0.6 is 0 Å². The number of halogens is 6. The van der Waals surface area contributed by atoms with Crippen molar-refractivity contribution in [3.8, 4) is 0 Å². The van der Waals surface area contributed by atoms with Gasteiger partial charge in [-0.05, 0) is 19.3 Å². The van der Waals surface area contributed by atoms with Crippen LogP contribution < -0.4 is 0 Å². The van der Waals surface area contributed by atoms with Crippen molar-refractivity contribution in [2.24, 2.45) is 11.3 Å². The first-order valence-electron chi connectivity index (χ1n) is 6.22. The molecule has 0 aromatic rings. The Kier molecular flexibility index (Phi) is 5.91. The summed E-state index contributed by atoms with van der Waals surface area (Å²) in [4.78, 5) is 11.5. The zero-order valence-corrected chi connectivity index (χ0v) is 12.2. The van der Waals surface area contributed by atoms with Gasteiger partial charge in [-0.1, -0.05) is 27.4 Å². The Bertz CT molecular complexity index is 380. The Labute approximate surface area is 119 Å². The minimum Gasteiger partial charge on any atom is -0.457 e. The molecule has 0 N–H and O–H groups in total. The maximum Gasteiger partial charge on any atom is 0.406 e. The van der Waals surface area contributed by atoms with Gasteiger partial charge in [0.1, 0.15) is 6.10 Å². The maximum absolute atomic E-state index is 13.0. The number of rotatable bonds is 5. The van der Waals surface area contributed by atoms with Crippen molar-refractivity contribution in [2.45, 2.75) is 52.6 Å². The topological polar surface area (TPSA) is 26.3 Å². The van der Waals surface area contributed by atoms with Gasteiger partial charge in [-0.3, -0.25) is 0 Å². The van der Waals surface area contributed by atoms with E-state index in [1.165, 1.54) is 6.92 Å². The highest BCUT2D eigenvalue weighted by atomic mass is 19.4. The Morgan fingerprint density at radius 3 is 1.71 bits per heavy atom. The molecular weight excluding hydrogens is 302 g/mol. The molecule has 0 aromatic heterocycles. The van der Waals surface area contributed by atoms with E-state index in [9.17, 15) is 31.1 Å². The molecule has 0 aliphatic carbocycles. The van der Waals surface area contributed by atoms with Gasteiger partial charge in [-0.15, -0.1) is 0 Å². The number of carbonyl (C=O) groups excluding carboxylic acids is 1. The second-order valence-electron chi connectivity index (χ2n) is 5.22. The summed E-state index contributed by atoms with van der Waals surface area (Å²) in [5.74, 6) is -2.44. The van der Waals surface area contributed by atoms with Crippen LogP contribution in [-0.2, 0) is 9.53 Å². The summed E-state index contributed by atoms with van der Waals surface area (Å²) in [6.45, 7) is 7.00. The smallest absolute Gasteiger partial charge is 0.406 e. The molecule has 1 atom stereocenters. The zero-order valence-electron chi connectivity index (χ0n) is 12.2. The molecule has 0 fully saturated rings. The van der Waals surface area contributed by atoms with Crippen LogP contribution in [0.3, 0.4) is 0 Å². The van der Waals surface area contributed by atoms with Crippen molar-refractivity contribution in [3.05, 3.63) is 12.2 Å². The van der Waals surface area contributed by atoms with Crippen molar-refractivity contribution >= 4 is 5.97 Å². The van der Waals surface area contributed by atoms with Gasteiger partial charge in [0, 0.05) is 5.57 Å². The molecule has 0 saturated heterocycles. The van der Waals surface area contributed by atoms with Crippen LogP contribution in [0.1, 0.15) is 34.1 Å². The van der Waals surface area contributed by atoms with Gasteiger partial charge >= 0.3 is 18.3 Å². The lowest BCUT2D eigenvalue weighted by atomic mass is 9.77. The van der Waals surface area contributed by atoms with Gasteiger partial charge in [0.25, 0.3) is 0 Å². The molecule has 0 aliphatic heterocycles. The number of hydrogen-bond donors (Lipinski definition) is 0. The molecule has 0 aromatic carbocycles. The van der Waals surface area contributed by atoms with E-state index in [1.807, 2.05) is 0 Å². The van der Waals surface area contributed by atoms with Crippen LogP contribution in [0.4, 0.5) is 26.3 Å². The molecule has 0 heterocycles. The largest absolute Gasteiger partial charge is 0.457 e. The fourth-order valence-electron chi connectivity index (χ4n) is 1.75. The van der Waals surface area contributed by atoms with E-state index >= 15 is 0 Å². The first kappa shape index (κ1) is 19.8. The summed E-state index contributed by atoms with van der Waals surface area (Å²) < 4.78 is 82.6. The van der Waals surface area contributed by atoms with E-state index in [1.54, 1.807) is 0 Å². The minimum atomic E-state index is -5.62. The minimum absolute atomic E-state index is 0.000343. The standard InChI is InChI=1S/C13H18F6O2/c1-6-8(4)10(20)21-9(7(2)3)11(5,12(14,15)16)13(17,18)19/h7,9H,4,6H2,1-3,5H3. The maximum atomic E-state index is 13.0. The highest BCUT2D eigenvalue weighted by Gasteiger charge is 2.72. The first-order chi connectivity index (χ1) is 9.20. The third-order valence-corrected chi connectivity index (χ3v) is 3.30. The monoisotopic (exact) mass is 320 g/mol.